The lowest BCUT2D eigenvalue weighted by atomic mass is 9.69. The van der Waals surface area contributed by atoms with Crippen LogP contribution in [0.4, 0.5) is 0 Å². The van der Waals surface area contributed by atoms with Gasteiger partial charge in [-0.15, -0.1) is 0 Å². The number of para-hydroxylation sites is 1. The summed E-state index contributed by atoms with van der Waals surface area (Å²) in [5, 5.41) is 0. The van der Waals surface area contributed by atoms with Crippen LogP contribution >= 0.6 is 0 Å². The number of Topliss-reactive ketones (excluding diaryl/α,β-unsaturated/α-hetero) is 1. The molecule has 0 radical (unpaired) electrons. The third kappa shape index (κ3) is 4.12. The molecule has 32 heavy (non-hydrogen) atoms. The number of nitrogens with zero attached hydrogens (tertiary/aromatic N) is 1. The molecule has 0 N–H and O–H groups in total. The number of ether oxygens (including phenoxy) is 2. The molecular weight excluding hydrogens is 402 g/mol. The minimum Gasteiger partial charge on any atom is -0.491 e. The number of rotatable bonds is 5. The van der Waals surface area contributed by atoms with Gasteiger partial charge < -0.3 is 9.47 Å². The molecule has 4 rings (SSSR count). The quantitative estimate of drug-likeness (QED) is 0.609. The monoisotopic (exact) mass is 431 g/mol. The molecule has 5 nitrogen and oxygen atoms in total. The summed E-state index contributed by atoms with van der Waals surface area (Å²) >= 11 is 0. The van der Waals surface area contributed by atoms with Gasteiger partial charge in [0.05, 0.1) is 13.2 Å². The SMILES string of the molecule is COC(=O)C1C(C)=NC2=C(C(=O)C[C@@H](c3ccccc3)C2)[C@H]1c1ccccc1OC(C)C. The molecule has 0 saturated carbocycles. The molecule has 3 atom stereocenters. The van der Waals surface area contributed by atoms with Crippen LogP contribution in [0.2, 0.25) is 0 Å². The molecule has 0 spiro atoms. The largest absolute Gasteiger partial charge is 0.491 e. The van der Waals surface area contributed by atoms with E-state index in [1.807, 2.05) is 63.2 Å². The number of hydrogen-bond donors (Lipinski definition) is 0. The Labute approximate surface area is 189 Å². The van der Waals surface area contributed by atoms with Gasteiger partial charge in [0.15, 0.2) is 5.78 Å². The highest BCUT2D eigenvalue weighted by atomic mass is 16.5. The van der Waals surface area contributed by atoms with E-state index >= 15 is 0 Å². The fraction of sp³-hybridized carbons (Fsp3) is 0.370. The van der Waals surface area contributed by atoms with E-state index in [1.54, 1.807) is 0 Å². The lowest BCUT2D eigenvalue weighted by molar-refractivity contribution is -0.143. The van der Waals surface area contributed by atoms with Crippen molar-refractivity contribution in [1.82, 2.24) is 0 Å². The molecule has 5 heteroatoms. The van der Waals surface area contributed by atoms with Crippen LogP contribution in [0.15, 0.2) is 70.9 Å². The molecule has 166 valence electrons. The van der Waals surface area contributed by atoms with Crippen LogP contribution in [0.1, 0.15) is 56.6 Å². The van der Waals surface area contributed by atoms with Crippen molar-refractivity contribution in [3.8, 4) is 5.75 Å². The highest BCUT2D eigenvalue weighted by Crippen LogP contribution is 2.48. The summed E-state index contributed by atoms with van der Waals surface area (Å²) in [4.78, 5) is 31.2. The van der Waals surface area contributed by atoms with Gasteiger partial charge in [-0.05, 0) is 44.7 Å². The van der Waals surface area contributed by atoms with Crippen LogP contribution in [-0.4, -0.2) is 30.7 Å². The zero-order valence-corrected chi connectivity index (χ0v) is 19.0. The van der Waals surface area contributed by atoms with E-state index in [0.29, 0.717) is 29.9 Å². The van der Waals surface area contributed by atoms with Gasteiger partial charge in [-0.1, -0.05) is 48.5 Å². The van der Waals surface area contributed by atoms with Gasteiger partial charge in [-0.25, -0.2) is 0 Å². The molecule has 0 amide bonds. The number of carbonyl (C=O) groups is 2. The van der Waals surface area contributed by atoms with E-state index in [0.717, 1.165) is 16.8 Å². The predicted octanol–water partition coefficient (Wildman–Crippen LogP) is 5.22. The molecule has 2 aromatic rings. The average molecular weight is 432 g/mol. The van der Waals surface area contributed by atoms with Gasteiger partial charge in [0.25, 0.3) is 0 Å². The van der Waals surface area contributed by atoms with E-state index in [-0.39, 0.29) is 23.8 Å². The fourth-order valence-electron chi connectivity index (χ4n) is 4.89. The van der Waals surface area contributed by atoms with Gasteiger partial charge in [0.1, 0.15) is 11.7 Å². The van der Waals surface area contributed by atoms with E-state index in [9.17, 15) is 9.59 Å². The molecule has 1 aliphatic heterocycles. The molecule has 1 heterocycles. The van der Waals surface area contributed by atoms with E-state index in [4.69, 9.17) is 14.5 Å². The highest BCUT2D eigenvalue weighted by Gasteiger charge is 2.45. The lowest BCUT2D eigenvalue weighted by Crippen LogP contribution is -2.38. The third-order valence-corrected chi connectivity index (χ3v) is 6.23. The normalized spacial score (nSPS) is 23.0. The van der Waals surface area contributed by atoms with Gasteiger partial charge in [-0.3, -0.25) is 14.6 Å². The van der Waals surface area contributed by atoms with Crippen molar-refractivity contribution in [2.75, 3.05) is 7.11 Å². The van der Waals surface area contributed by atoms with Crippen molar-refractivity contribution >= 4 is 17.5 Å². The molecule has 0 bridgehead atoms. The van der Waals surface area contributed by atoms with Crippen molar-refractivity contribution in [2.45, 2.75) is 51.6 Å². The Kier molecular flexibility index (Phi) is 6.26. The number of hydrogen-bond acceptors (Lipinski definition) is 5. The Morgan fingerprint density at radius 1 is 1.03 bits per heavy atom. The second kappa shape index (κ2) is 9.11. The average Bonchev–Trinajstić information content (AvgIpc) is 2.78. The highest BCUT2D eigenvalue weighted by molar-refractivity contribution is 6.09. The number of carbonyl (C=O) groups excluding carboxylic acids is 2. The van der Waals surface area contributed by atoms with Crippen molar-refractivity contribution in [1.29, 1.82) is 0 Å². The summed E-state index contributed by atoms with van der Waals surface area (Å²) in [6.45, 7) is 5.77. The Bertz CT molecular complexity index is 1080. The maximum absolute atomic E-state index is 13.6. The first-order chi connectivity index (χ1) is 15.4. The Balaban J connectivity index is 1.85. The second-order valence-corrected chi connectivity index (χ2v) is 8.74. The third-order valence-electron chi connectivity index (χ3n) is 6.23. The van der Waals surface area contributed by atoms with E-state index in [2.05, 4.69) is 12.1 Å². The molecule has 1 unspecified atom stereocenters. The molecule has 2 aromatic carbocycles. The summed E-state index contributed by atoms with van der Waals surface area (Å²) < 4.78 is 11.2. The number of esters is 1. The van der Waals surface area contributed by atoms with E-state index < -0.39 is 11.8 Å². The first kappa shape index (κ1) is 22.0. The zero-order valence-electron chi connectivity index (χ0n) is 19.0. The van der Waals surface area contributed by atoms with Crippen molar-refractivity contribution in [3.05, 3.63) is 77.0 Å². The van der Waals surface area contributed by atoms with Gasteiger partial charge in [0.2, 0.25) is 0 Å². The standard InChI is InChI=1S/C27H29NO4/c1-16(2)32-23-13-9-8-12-20(23)25-24(27(30)31-4)17(3)28-21-14-19(15-22(29)26(21)25)18-10-6-5-7-11-18/h5-13,16,19,24-25H,14-15H2,1-4H3/t19-,24?,25-/m0/s1. The van der Waals surface area contributed by atoms with Crippen LogP contribution in [-0.2, 0) is 14.3 Å². The summed E-state index contributed by atoms with van der Waals surface area (Å²) in [6.07, 6.45) is 1.03. The Hall–Kier alpha value is -3.21. The topological polar surface area (TPSA) is 65.0 Å². The summed E-state index contributed by atoms with van der Waals surface area (Å²) in [7, 11) is 1.38. The zero-order chi connectivity index (χ0) is 22.8. The predicted molar refractivity (Wildman–Crippen MR) is 124 cm³/mol. The number of allylic oxidation sites excluding steroid dienone is 2. The van der Waals surface area contributed by atoms with Gasteiger partial charge in [-0.2, -0.15) is 0 Å². The van der Waals surface area contributed by atoms with Crippen LogP contribution in [0.25, 0.3) is 0 Å². The molecular formula is C27H29NO4. The first-order valence-corrected chi connectivity index (χ1v) is 11.1. The van der Waals surface area contributed by atoms with Crippen molar-refractivity contribution in [3.63, 3.8) is 0 Å². The molecule has 0 saturated heterocycles. The molecule has 0 fully saturated rings. The van der Waals surface area contributed by atoms with Crippen LogP contribution < -0.4 is 4.74 Å². The minimum absolute atomic E-state index is 0.0367. The first-order valence-electron chi connectivity index (χ1n) is 11.1. The number of ketones is 1. The van der Waals surface area contributed by atoms with E-state index in [1.165, 1.54) is 7.11 Å². The van der Waals surface area contributed by atoms with Crippen LogP contribution in [0, 0.1) is 5.92 Å². The summed E-state index contributed by atoms with van der Waals surface area (Å²) in [5.74, 6) is -0.728. The van der Waals surface area contributed by atoms with Crippen LogP contribution in [0.3, 0.4) is 0 Å². The maximum Gasteiger partial charge on any atom is 0.315 e. The molecule has 2 aliphatic rings. The molecule has 0 aromatic heterocycles. The Morgan fingerprint density at radius 3 is 2.41 bits per heavy atom. The minimum atomic E-state index is -0.659. The second-order valence-electron chi connectivity index (χ2n) is 8.74. The number of benzene rings is 2. The van der Waals surface area contributed by atoms with Crippen molar-refractivity contribution in [2.24, 2.45) is 10.9 Å². The smallest absolute Gasteiger partial charge is 0.315 e. The lowest BCUT2D eigenvalue weighted by Gasteiger charge is -2.37. The van der Waals surface area contributed by atoms with Crippen LogP contribution in [0.5, 0.6) is 5.75 Å². The number of aliphatic imine (C=N–C) groups is 1. The molecule has 1 aliphatic carbocycles. The summed E-state index contributed by atoms with van der Waals surface area (Å²) in [5.41, 5.74) is 4.02. The number of methoxy groups -OCH3 is 1. The van der Waals surface area contributed by atoms with Gasteiger partial charge >= 0.3 is 5.97 Å². The fourth-order valence-corrected chi connectivity index (χ4v) is 4.89. The maximum atomic E-state index is 13.6. The van der Waals surface area contributed by atoms with Gasteiger partial charge in [0, 0.05) is 34.9 Å². The summed E-state index contributed by atoms with van der Waals surface area (Å²) in [6, 6.07) is 17.7. The van der Waals surface area contributed by atoms with Crippen molar-refractivity contribution < 1.29 is 19.1 Å². The Morgan fingerprint density at radius 2 is 1.72 bits per heavy atom.